The lowest BCUT2D eigenvalue weighted by molar-refractivity contribution is -0.153. The molecule has 7 nitrogen and oxygen atoms in total. The zero-order valence-corrected chi connectivity index (χ0v) is 16.3. The van der Waals surface area contributed by atoms with E-state index >= 15 is 0 Å². The van der Waals surface area contributed by atoms with Gasteiger partial charge in [0, 0.05) is 20.1 Å². The largest absolute Gasteiger partial charge is 0.484 e. The molecule has 0 saturated carbocycles. The van der Waals surface area contributed by atoms with Crippen molar-refractivity contribution >= 4 is 16.0 Å². The molecule has 29 heavy (non-hydrogen) atoms. The summed E-state index contributed by atoms with van der Waals surface area (Å²) in [5.41, 5.74) is 1.51. The van der Waals surface area contributed by atoms with Gasteiger partial charge in [-0.2, -0.15) is 13.2 Å². The molecular weight excluding hydrogens is 409 g/mol. The van der Waals surface area contributed by atoms with E-state index in [9.17, 15) is 21.6 Å². The molecule has 0 radical (unpaired) electrons. The van der Waals surface area contributed by atoms with E-state index in [1.165, 1.54) is 24.3 Å². The second-order valence-electron chi connectivity index (χ2n) is 6.02. The Kier molecular flexibility index (Phi) is 7.46. The van der Waals surface area contributed by atoms with Crippen molar-refractivity contribution in [1.82, 2.24) is 10.6 Å². The number of hydrogen-bond donors (Lipinski definition) is 3. The number of halogens is 3. The highest BCUT2D eigenvalue weighted by atomic mass is 32.2. The minimum absolute atomic E-state index is 0.0209. The Balaban J connectivity index is 1.86. The van der Waals surface area contributed by atoms with E-state index in [1.54, 1.807) is 31.3 Å². The van der Waals surface area contributed by atoms with Gasteiger partial charge in [-0.15, -0.1) is 0 Å². The molecule has 0 aliphatic carbocycles. The third kappa shape index (κ3) is 8.00. The van der Waals surface area contributed by atoms with E-state index in [0.29, 0.717) is 24.6 Å². The van der Waals surface area contributed by atoms with Gasteiger partial charge >= 0.3 is 6.18 Å². The highest BCUT2D eigenvalue weighted by Gasteiger charge is 2.28. The van der Waals surface area contributed by atoms with Crippen LogP contribution in [-0.2, 0) is 23.1 Å². The molecule has 2 aromatic rings. The number of alkyl halides is 3. The zero-order chi connectivity index (χ0) is 21.5. The van der Waals surface area contributed by atoms with Gasteiger partial charge < -0.3 is 15.4 Å². The summed E-state index contributed by atoms with van der Waals surface area (Å²) in [5.74, 6) is 0.590. The van der Waals surface area contributed by atoms with Crippen LogP contribution in [0.2, 0.25) is 0 Å². The fraction of sp³-hybridized carbons (Fsp3) is 0.278. The fourth-order valence-electron chi connectivity index (χ4n) is 2.29. The monoisotopic (exact) mass is 430 g/mol. The summed E-state index contributed by atoms with van der Waals surface area (Å²) in [6.45, 7) is -0.655. The molecule has 11 heteroatoms. The number of primary sulfonamides is 1. The molecule has 2 aromatic carbocycles. The maximum atomic E-state index is 12.2. The van der Waals surface area contributed by atoms with Crippen LogP contribution in [0, 0.1) is 0 Å². The lowest BCUT2D eigenvalue weighted by Crippen LogP contribution is -2.36. The fourth-order valence-corrected chi connectivity index (χ4v) is 2.88. The van der Waals surface area contributed by atoms with Gasteiger partial charge in [-0.1, -0.05) is 24.3 Å². The number of nitrogens with zero attached hydrogens (tertiary/aromatic N) is 1. The normalized spacial score (nSPS) is 12.5. The number of ether oxygens (including phenoxy) is 1. The maximum Gasteiger partial charge on any atom is 0.422 e. The number of benzene rings is 2. The zero-order valence-electron chi connectivity index (χ0n) is 15.5. The van der Waals surface area contributed by atoms with Crippen molar-refractivity contribution in [1.29, 1.82) is 0 Å². The highest BCUT2D eigenvalue weighted by molar-refractivity contribution is 7.89. The third-order valence-electron chi connectivity index (χ3n) is 3.70. The van der Waals surface area contributed by atoms with E-state index in [-0.39, 0.29) is 10.6 Å². The summed E-state index contributed by atoms with van der Waals surface area (Å²) in [7, 11) is -2.20. The molecule has 0 aliphatic rings. The van der Waals surface area contributed by atoms with Crippen LogP contribution in [0.3, 0.4) is 0 Å². The number of guanidine groups is 1. The number of aliphatic imine (C=N–C) groups is 1. The van der Waals surface area contributed by atoms with Crippen LogP contribution >= 0.6 is 0 Å². The molecule has 0 aliphatic heterocycles. The van der Waals surface area contributed by atoms with Crippen molar-refractivity contribution in [3.63, 3.8) is 0 Å². The van der Waals surface area contributed by atoms with Crippen molar-refractivity contribution in [3.8, 4) is 5.75 Å². The average Bonchev–Trinajstić information content (AvgIpc) is 2.66. The van der Waals surface area contributed by atoms with Crippen LogP contribution in [0.15, 0.2) is 58.4 Å². The van der Waals surface area contributed by atoms with E-state index in [1.807, 2.05) is 0 Å². The molecule has 0 saturated heterocycles. The van der Waals surface area contributed by atoms with Crippen LogP contribution in [0.5, 0.6) is 5.75 Å². The van der Waals surface area contributed by atoms with Crippen LogP contribution in [-0.4, -0.2) is 34.2 Å². The Hall–Kier alpha value is -2.79. The van der Waals surface area contributed by atoms with E-state index in [2.05, 4.69) is 20.4 Å². The first-order chi connectivity index (χ1) is 13.6. The third-order valence-corrected chi connectivity index (χ3v) is 4.61. The maximum absolute atomic E-state index is 12.2. The molecule has 0 unspecified atom stereocenters. The second kappa shape index (κ2) is 9.61. The van der Waals surface area contributed by atoms with Crippen LogP contribution < -0.4 is 20.5 Å². The molecule has 158 valence electrons. The van der Waals surface area contributed by atoms with E-state index in [0.717, 1.165) is 5.56 Å². The summed E-state index contributed by atoms with van der Waals surface area (Å²) in [5, 5.41) is 11.2. The number of hydrogen-bond acceptors (Lipinski definition) is 4. The SMILES string of the molecule is CN=C(NCc1ccc(OCC(F)(F)F)cc1)NCc1cccc(S(N)(=O)=O)c1. The molecule has 0 amide bonds. The molecular formula is C18H21F3N4O3S. The summed E-state index contributed by atoms with van der Waals surface area (Å²) >= 11 is 0. The molecule has 0 fully saturated rings. The first-order valence-electron chi connectivity index (χ1n) is 8.41. The van der Waals surface area contributed by atoms with Gasteiger partial charge in [0.2, 0.25) is 10.0 Å². The Labute approximate surface area is 166 Å². The Morgan fingerprint density at radius 3 is 2.24 bits per heavy atom. The summed E-state index contributed by atoms with van der Waals surface area (Å²) in [6.07, 6.45) is -4.38. The summed E-state index contributed by atoms with van der Waals surface area (Å²) < 4.78 is 63.9. The molecule has 0 spiro atoms. The van der Waals surface area contributed by atoms with Crippen molar-refractivity contribution in [2.24, 2.45) is 10.1 Å². The van der Waals surface area contributed by atoms with Gasteiger partial charge in [0.05, 0.1) is 4.90 Å². The van der Waals surface area contributed by atoms with Gasteiger partial charge in [-0.25, -0.2) is 13.6 Å². The number of sulfonamides is 1. The van der Waals surface area contributed by atoms with Crippen molar-refractivity contribution in [2.75, 3.05) is 13.7 Å². The lowest BCUT2D eigenvalue weighted by Gasteiger charge is -2.13. The first-order valence-corrected chi connectivity index (χ1v) is 9.96. The standard InChI is InChI=1S/C18H21F3N4O3S/c1-23-17(25-11-14-3-2-4-16(9-14)29(22,26)27)24-10-13-5-7-15(8-6-13)28-12-18(19,20)21/h2-9H,10-12H2,1H3,(H2,22,26,27)(H2,23,24,25). The van der Waals surface area contributed by atoms with Crippen LogP contribution in [0.4, 0.5) is 13.2 Å². The van der Waals surface area contributed by atoms with Crippen molar-refractivity contribution < 1.29 is 26.3 Å². The smallest absolute Gasteiger partial charge is 0.422 e. The summed E-state index contributed by atoms with van der Waals surface area (Å²) in [6, 6.07) is 12.4. The average molecular weight is 430 g/mol. The molecule has 0 bridgehead atoms. The molecule has 0 aromatic heterocycles. The van der Waals surface area contributed by atoms with E-state index < -0.39 is 22.8 Å². The molecule has 4 N–H and O–H groups in total. The number of nitrogens with two attached hydrogens (primary N) is 1. The van der Waals surface area contributed by atoms with Gasteiger partial charge in [0.15, 0.2) is 12.6 Å². The Morgan fingerprint density at radius 2 is 1.69 bits per heavy atom. The van der Waals surface area contributed by atoms with E-state index in [4.69, 9.17) is 5.14 Å². The minimum atomic E-state index is -4.38. The first kappa shape index (κ1) is 22.5. The van der Waals surface area contributed by atoms with Crippen molar-refractivity contribution in [3.05, 3.63) is 59.7 Å². The topological polar surface area (TPSA) is 106 Å². The molecule has 2 rings (SSSR count). The highest BCUT2D eigenvalue weighted by Crippen LogP contribution is 2.18. The summed E-state index contributed by atoms with van der Waals surface area (Å²) in [4.78, 5) is 4.09. The number of rotatable bonds is 7. The van der Waals surface area contributed by atoms with Crippen LogP contribution in [0.1, 0.15) is 11.1 Å². The lowest BCUT2D eigenvalue weighted by atomic mass is 10.2. The Bertz CT molecular complexity index is 946. The molecule has 0 heterocycles. The molecule has 0 atom stereocenters. The Morgan fingerprint density at radius 1 is 1.07 bits per heavy atom. The second-order valence-corrected chi connectivity index (χ2v) is 7.58. The van der Waals surface area contributed by atoms with Gasteiger partial charge in [-0.05, 0) is 35.4 Å². The van der Waals surface area contributed by atoms with Crippen molar-refractivity contribution in [2.45, 2.75) is 24.2 Å². The van der Waals surface area contributed by atoms with Gasteiger partial charge in [-0.3, -0.25) is 4.99 Å². The minimum Gasteiger partial charge on any atom is -0.484 e. The van der Waals surface area contributed by atoms with Crippen LogP contribution in [0.25, 0.3) is 0 Å². The predicted molar refractivity (Wildman–Crippen MR) is 103 cm³/mol. The van der Waals surface area contributed by atoms with Gasteiger partial charge in [0.1, 0.15) is 5.75 Å². The number of nitrogens with one attached hydrogen (secondary N) is 2. The quantitative estimate of drug-likeness (QED) is 0.461. The van der Waals surface area contributed by atoms with Gasteiger partial charge in [0.25, 0.3) is 0 Å². The predicted octanol–water partition coefficient (Wildman–Crippen LogP) is 2.14.